The molecule has 0 aromatic carbocycles. The number of nitrogens with zero attached hydrogens (tertiary/aromatic N) is 1. The monoisotopic (exact) mass is 235 g/mol. The van der Waals surface area contributed by atoms with Gasteiger partial charge in [0.25, 0.3) is 0 Å². The van der Waals surface area contributed by atoms with Crippen molar-refractivity contribution in [2.75, 3.05) is 0 Å². The number of furan rings is 1. The Morgan fingerprint density at radius 2 is 2.19 bits per heavy atom. The van der Waals surface area contributed by atoms with Gasteiger partial charge < -0.3 is 4.42 Å². The van der Waals surface area contributed by atoms with Crippen LogP contribution in [0.1, 0.15) is 31.7 Å². The Morgan fingerprint density at radius 3 is 2.69 bits per heavy atom. The Balaban J connectivity index is 2.13. The molecule has 0 unspecified atom stereocenters. The number of hydrogen-bond acceptors (Lipinski definition) is 4. The summed E-state index contributed by atoms with van der Waals surface area (Å²) in [6, 6.07) is 1.76. The van der Waals surface area contributed by atoms with E-state index >= 15 is 0 Å². The molecule has 84 valence electrons. The van der Waals surface area contributed by atoms with Crippen LogP contribution in [0.3, 0.4) is 0 Å². The van der Waals surface area contributed by atoms with E-state index in [9.17, 15) is 4.79 Å². The molecule has 2 rings (SSSR count). The number of aromatic nitrogens is 1. The maximum absolute atomic E-state index is 11.9. The van der Waals surface area contributed by atoms with Gasteiger partial charge in [-0.3, -0.25) is 4.79 Å². The smallest absolute Gasteiger partial charge is 0.172 e. The normalized spacial score (nSPS) is 10.7. The summed E-state index contributed by atoms with van der Waals surface area (Å²) in [5.74, 6) is 0.820. The van der Waals surface area contributed by atoms with Crippen LogP contribution in [0.2, 0.25) is 0 Å². The Bertz CT molecular complexity index is 505. The lowest BCUT2D eigenvalue weighted by Gasteiger charge is -1.92. The van der Waals surface area contributed by atoms with Gasteiger partial charge in [0.1, 0.15) is 17.0 Å². The number of thiazole rings is 1. The van der Waals surface area contributed by atoms with Crippen molar-refractivity contribution in [1.82, 2.24) is 4.98 Å². The molecule has 0 fully saturated rings. The molecular weight excluding hydrogens is 222 g/mol. The molecule has 16 heavy (non-hydrogen) atoms. The predicted molar refractivity (Wildman–Crippen MR) is 63.1 cm³/mol. The minimum Gasteiger partial charge on any atom is -0.469 e. The van der Waals surface area contributed by atoms with Crippen LogP contribution >= 0.6 is 11.3 Å². The van der Waals surface area contributed by atoms with Crippen molar-refractivity contribution in [1.29, 1.82) is 0 Å². The first-order valence-corrected chi connectivity index (χ1v) is 5.89. The molecule has 0 spiro atoms. The van der Waals surface area contributed by atoms with Crippen molar-refractivity contribution in [2.24, 2.45) is 0 Å². The first-order valence-electron chi connectivity index (χ1n) is 5.07. The predicted octanol–water partition coefficient (Wildman–Crippen LogP) is 3.09. The van der Waals surface area contributed by atoms with E-state index in [1.54, 1.807) is 17.4 Å². The van der Waals surface area contributed by atoms with Gasteiger partial charge in [-0.15, -0.1) is 11.3 Å². The third-order valence-corrected chi connectivity index (χ3v) is 3.51. The summed E-state index contributed by atoms with van der Waals surface area (Å²) < 4.78 is 5.11. The minimum absolute atomic E-state index is 0.0607. The quantitative estimate of drug-likeness (QED) is 0.768. The fourth-order valence-electron chi connectivity index (χ4n) is 1.44. The molecule has 0 N–H and O–H groups in total. The molecule has 4 heteroatoms. The molecule has 0 saturated carbocycles. The van der Waals surface area contributed by atoms with Gasteiger partial charge in [0.15, 0.2) is 5.78 Å². The maximum atomic E-state index is 11.9. The van der Waals surface area contributed by atoms with Gasteiger partial charge in [0.2, 0.25) is 0 Å². The highest BCUT2D eigenvalue weighted by molar-refractivity contribution is 7.11. The highest BCUT2D eigenvalue weighted by Crippen LogP contribution is 2.18. The second-order valence-corrected chi connectivity index (χ2v) is 5.08. The molecular formula is C12H13NO2S. The van der Waals surface area contributed by atoms with E-state index in [2.05, 4.69) is 4.98 Å². The lowest BCUT2D eigenvalue weighted by molar-refractivity contribution is 0.0992. The number of carbonyl (C=O) groups excluding carboxylic acids is 1. The molecule has 0 bridgehead atoms. The Kier molecular flexibility index (Phi) is 2.92. The highest BCUT2D eigenvalue weighted by Gasteiger charge is 2.12. The van der Waals surface area contributed by atoms with E-state index in [0.717, 1.165) is 16.5 Å². The average molecular weight is 235 g/mol. The van der Waals surface area contributed by atoms with Crippen LogP contribution in [0.5, 0.6) is 0 Å². The van der Waals surface area contributed by atoms with Gasteiger partial charge in [-0.1, -0.05) is 0 Å². The van der Waals surface area contributed by atoms with Crippen molar-refractivity contribution in [3.63, 3.8) is 0 Å². The topological polar surface area (TPSA) is 43.1 Å². The summed E-state index contributed by atoms with van der Waals surface area (Å²) in [7, 11) is 0. The fourth-order valence-corrected chi connectivity index (χ4v) is 2.38. The molecule has 3 nitrogen and oxygen atoms in total. The van der Waals surface area contributed by atoms with Crippen molar-refractivity contribution >= 4 is 17.1 Å². The van der Waals surface area contributed by atoms with E-state index in [-0.39, 0.29) is 5.78 Å². The van der Waals surface area contributed by atoms with Gasteiger partial charge >= 0.3 is 0 Å². The largest absolute Gasteiger partial charge is 0.469 e. The number of rotatable bonds is 3. The van der Waals surface area contributed by atoms with E-state index in [1.807, 2.05) is 20.8 Å². The van der Waals surface area contributed by atoms with Crippen LogP contribution < -0.4 is 0 Å². The molecule has 0 amide bonds. The van der Waals surface area contributed by atoms with Gasteiger partial charge in [0.05, 0.1) is 17.7 Å². The first kappa shape index (κ1) is 11.1. The summed E-state index contributed by atoms with van der Waals surface area (Å²) in [5.41, 5.74) is 1.64. The summed E-state index contributed by atoms with van der Waals surface area (Å²) in [6.45, 7) is 5.80. The Hall–Kier alpha value is -1.42. The summed E-state index contributed by atoms with van der Waals surface area (Å²) in [5, 5.41) is 0.874. The lowest BCUT2D eigenvalue weighted by Crippen LogP contribution is -2.01. The lowest BCUT2D eigenvalue weighted by atomic mass is 10.1. The van der Waals surface area contributed by atoms with E-state index in [4.69, 9.17) is 4.42 Å². The van der Waals surface area contributed by atoms with Gasteiger partial charge in [-0.05, 0) is 26.8 Å². The zero-order chi connectivity index (χ0) is 11.7. The number of hydrogen-bond donors (Lipinski definition) is 0. The second-order valence-electron chi connectivity index (χ2n) is 3.80. The molecule has 2 aromatic rings. The molecule has 0 atom stereocenters. The number of aryl methyl sites for hydroxylation is 3. The van der Waals surface area contributed by atoms with Crippen molar-refractivity contribution in [3.05, 3.63) is 39.2 Å². The van der Waals surface area contributed by atoms with Crippen LogP contribution in [0.15, 0.2) is 16.7 Å². The third kappa shape index (κ3) is 2.22. The molecule has 0 saturated heterocycles. The average Bonchev–Trinajstić information content (AvgIpc) is 2.75. The maximum Gasteiger partial charge on any atom is 0.172 e. The molecule has 0 aliphatic rings. The van der Waals surface area contributed by atoms with Gasteiger partial charge in [0, 0.05) is 4.88 Å². The van der Waals surface area contributed by atoms with E-state index in [1.165, 1.54) is 11.1 Å². The summed E-state index contributed by atoms with van der Waals surface area (Å²) in [6.07, 6.45) is 1.86. The fraction of sp³-hybridized carbons (Fsp3) is 0.333. The van der Waals surface area contributed by atoms with E-state index < -0.39 is 0 Å². The number of Topliss-reactive ketones (excluding diaryl/α,β-unsaturated/α-hetero) is 1. The number of carbonyl (C=O) groups is 1. The van der Waals surface area contributed by atoms with Crippen molar-refractivity contribution < 1.29 is 9.21 Å². The molecule has 2 heterocycles. The Labute approximate surface area is 98.1 Å². The van der Waals surface area contributed by atoms with E-state index in [0.29, 0.717) is 12.0 Å². The first-order chi connectivity index (χ1) is 7.56. The third-order valence-electron chi connectivity index (χ3n) is 2.44. The van der Waals surface area contributed by atoms with Crippen molar-refractivity contribution in [2.45, 2.75) is 27.2 Å². The summed E-state index contributed by atoms with van der Waals surface area (Å²) in [4.78, 5) is 17.4. The van der Waals surface area contributed by atoms with Crippen molar-refractivity contribution in [3.8, 4) is 0 Å². The standard InChI is InChI=1S/C12H13NO2S/c1-7-4-10(6-15-7)11(14)5-12-13-8(2)9(3)16-12/h4,6H,5H2,1-3H3. The number of ketones is 1. The van der Waals surface area contributed by atoms with Gasteiger partial charge in [-0.25, -0.2) is 4.98 Å². The molecule has 0 radical (unpaired) electrons. The molecule has 0 aliphatic heterocycles. The minimum atomic E-state index is 0.0607. The Morgan fingerprint density at radius 1 is 1.44 bits per heavy atom. The zero-order valence-electron chi connectivity index (χ0n) is 9.53. The van der Waals surface area contributed by atoms with Crippen LogP contribution in [0.4, 0.5) is 0 Å². The highest BCUT2D eigenvalue weighted by atomic mass is 32.1. The van der Waals surface area contributed by atoms with Crippen LogP contribution in [0, 0.1) is 20.8 Å². The second kappa shape index (κ2) is 4.22. The molecule has 0 aliphatic carbocycles. The van der Waals surface area contributed by atoms with Crippen LogP contribution in [-0.2, 0) is 6.42 Å². The molecule has 2 aromatic heterocycles. The SMILES string of the molecule is Cc1cc(C(=O)Cc2nc(C)c(C)s2)co1. The zero-order valence-corrected chi connectivity index (χ0v) is 10.4. The van der Waals surface area contributed by atoms with Gasteiger partial charge in [-0.2, -0.15) is 0 Å². The van der Waals surface area contributed by atoms with Crippen LogP contribution in [0.25, 0.3) is 0 Å². The van der Waals surface area contributed by atoms with Crippen LogP contribution in [-0.4, -0.2) is 10.8 Å². The summed E-state index contributed by atoms with van der Waals surface area (Å²) >= 11 is 1.58.